The molecule has 2 saturated heterocycles. The maximum Gasteiger partial charge on any atom is 0.340 e. The summed E-state index contributed by atoms with van der Waals surface area (Å²) >= 11 is 12.3. The normalized spacial score (nSPS) is 28.2. The number of carboxylic acids is 1. The molecule has 17 heteroatoms. The summed E-state index contributed by atoms with van der Waals surface area (Å²) < 4.78 is 47.5. The number of hydrogen-bond donors (Lipinski definition) is 6. The fourth-order valence-corrected chi connectivity index (χ4v) is 7.35. The number of methoxy groups -OCH3 is 1. The highest BCUT2D eigenvalue weighted by molar-refractivity contribution is 6.31. The van der Waals surface area contributed by atoms with Crippen molar-refractivity contribution < 1.29 is 57.8 Å². The van der Waals surface area contributed by atoms with Gasteiger partial charge in [-0.2, -0.15) is 5.26 Å². The number of ether oxygens (including phenoxy) is 3. The molecule has 1 amide bonds. The number of amides is 1. The van der Waals surface area contributed by atoms with E-state index < -0.39 is 89.0 Å². The molecule has 2 heterocycles. The summed E-state index contributed by atoms with van der Waals surface area (Å²) in [4.78, 5) is 38.9. The maximum absolute atomic E-state index is 16.0. The number of esters is 1. The number of nitriles is 1. The Morgan fingerprint density at radius 1 is 1.04 bits per heavy atom. The van der Waals surface area contributed by atoms with Crippen molar-refractivity contribution in [3.05, 3.63) is 93.0 Å². The fraction of sp³-hybridized carbons (Fsp3) is 0.405. The quantitative estimate of drug-likeness (QED) is 0.168. The molecule has 0 aromatic heterocycles. The predicted octanol–water partition coefficient (Wildman–Crippen LogP) is 4.29. The molecule has 54 heavy (non-hydrogen) atoms. The van der Waals surface area contributed by atoms with Crippen molar-refractivity contribution in [1.29, 1.82) is 5.26 Å². The number of carbonyl (C=O) groups excluding carboxylic acids is 2. The summed E-state index contributed by atoms with van der Waals surface area (Å²) in [6, 6.07) is 11.5. The maximum atomic E-state index is 16.0. The zero-order valence-electron chi connectivity index (χ0n) is 29.2. The van der Waals surface area contributed by atoms with E-state index in [-0.39, 0.29) is 44.6 Å². The smallest absolute Gasteiger partial charge is 0.340 e. The van der Waals surface area contributed by atoms with Crippen LogP contribution in [-0.2, 0) is 24.5 Å². The van der Waals surface area contributed by atoms with Crippen LogP contribution in [0.2, 0.25) is 10.0 Å². The average molecular weight is 793 g/mol. The summed E-state index contributed by atoms with van der Waals surface area (Å²) in [5.74, 6) is -6.82. The lowest BCUT2D eigenvalue weighted by Crippen LogP contribution is -2.60. The highest BCUT2D eigenvalue weighted by Gasteiger charge is 2.61. The van der Waals surface area contributed by atoms with E-state index in [1.54, 1.807) is 0 Å². The number of aliphatic hydroxyl groups excluding tert-OH is 3. The minimum atomic E-state index is -2.02. The summed E-state index contributed by atoms with van der Waals surface area (Å²) in [6.07, 6.45) is -9.79. The van der Waals surface area contributed by atoms with Crippen LogP contribution in [0.15, 0.2) is 54.6 Å². The monoisotopic (exact) mass is 791 g/mol. The van der Waals surface area contributed by atoms with Crippen molar-refractivity contribution in [2.24, 2.45) is 5.41 Å². The fourth-order valence-electron chi connectivity index (χ4n) is 7.01. The molecule has 5 rings (SSSR count). The zero-order chi connectivity index (χ0) is 39.9. The summed E-state index contributed by atoms with van der Waals surface area (Å²) in [6.45, 7) is 5.68. The molecular weight excluding hydrogens is 755 g/mol. The lowest BCUT2D eigenvalue weighted by Gasteiger charge is -2.37. The third-order valence-corrected chi connectivity index (χ3v) is 9.99. The van der Waals surface area contributed by atoms with Gasteiger partial charge >= 0.3 is 11.9 Å². The van der Waals surface area contributed by atoms with Crippen LogP contribution < -0.4 is 15.4 Å². The number of carbonyl (C=O) groups is 3. The molecule has 3 aromatic carbocycles. The van der Waals surface area contributed by atoms with Crippen LogP contribution in [0, 0.1) is 28.4 Å². The molecule has 2 fully saturated rings. The Labute approximate surface area is 318 Å². The van der Waals surface area contributed by atoms with Crippen molar-refractivity contribution in [1.82, 2.24) is 5.32 Å². The molecule has 0 spiro atoms. The molecule has 0 bridgehead atoms. The largest absolute Gasteiger partial charge is 0.495 e. The minimum Gasteiger partial charge on any atom is -0.495 e. The van der Waals surface area contributed by atoms with E-state index in [1.807, 2.05) is 20.8 Å². The highest BCUT2D eigenvalue weighted by atomic mass is 35.5. The van der Waals surface area contributed by atoms with E-state index >= 15 is 8.78 Å². The third kappa shape index (κ3) is 7.74. The van der Waals surface area contributed by atoms with E-state index in [4.69, 9.17) is 37.4 Å². The van der Waals surface area contributed by atoms with Crippen molar-refractivity contribution in [2.45, 2.75) is 81.3 Å². The second-order valence-corrected chi connectivity index (χ2v) is 15.1. The minimum absolute atomic E-state index is 0.00380. The molecule has 2 aliphatic heterocycles. The number of rotatable bonds is 9. The van der Waals surface area contributed by atoms with E-state index in [0.717, 1.165) is 12.1 Å². The molecule has 6 N–H and O–H groups in total. The Morgan fingerprint density at radius 2 is 1.74 bits per heavy atom. The van der Waals surface area contributed by atoms with Gasteiger partial charge in [0.15, 0.2) is 6.10 Å². The van der Waals surface area contributed by atoms with E-state index in [0.29, 0.717) is 0 Å². The van der Waals surface area contributed by atoms with E-state index in [2.05, 4.69) is 16.7 Å². The lowest BCUT2D eigenvalue weighted by molar-refractivity contribution is -0.278. The molecule has 0 radical (unpaired) electrons. The number of aliphatic carboxylic acids is 1. The Kier molecular flexibility index (Phi) is 11.9. The molecule has 3 aromatic rings. The van der Waals surface area contributed by atoms with Crippen LogP contribution in [0.5, 0.6) is 5.75 Å². The average Bonchev–Trinajstić information content (AvgIpc) is 3.42. The molecule has 0 aliphatic carbocycles. The van der Waals surface area contributed by atoms with Crippen LogP contribution in [-0.4, -0.2) is 88.2 Å². The van der Waals surface area contributed by atoms with Crippen molar-refractivity contribution in [3.8, 4) is 11.8 Å². The van der Waals surface area contributed by atoms with Crippen molar-refractivity contribution in [3.63, 3.8) is 0 Å². The van der Waals surface area contributed by atoms with Gasteiger partial charge in [0.25, 0.3) is 0 Å². The zero-order valence-corrected chi connectivity index (χ0v) is 30.7. The number of halogens is 4. The van der Waals surface area contributed by atoms with Crippen LogP contribution in [0.3, 0.4) is 0 Å². The van der Waals surface area contributed by atoms with Gasteiger partial charge in [-0.05, 0) is 53.8 Å². The Balaban J connectivity index is 1.52. The molecular formula is C37H37Cl2F2N3O10. The Morgan fingerprint density at radius 3 is 2.35 bits per heavy atom. The van der Waals surface area contributed by atoms with Gasteiger partial charge in [-0.15, -0.1) is 0 Å². The third-order valence-electron chi connectivity index (χ3n) is 9.46. The van der Waals surface area contributed by atoms with Gasteiger partial charge in [0, 0.05) is 22.5 Å². The number of hydrogen-bond acceptors (Lipinski definition) is 11. The highest BCUT2D eigenvalue weighted by Crippen LogP contribution is 2.53. The van der Waals surface area contributed by atoms with Gasteiger partial charge in [0.2, 0.25) is 12.2 Å². The molecule has 0 saturated carbocycles. The standard InChI is InChI=1S/C37H37Cl2F2N3O10/c1-36(2,3)14-24-37(15-42,19-10-9-17(38)13-21(19)40)25(18-6-5-7-20(39)26(18)41)27(44-24)32(48)43-22-11-8-16(12-23(22)52-4)34(51)54-35-30(47)28(45)29(46)31(53-35)33(49)50/h5-13,24-25,27-31,35,44-47H,14H2,1-4H3,(H,43,48)(H,49,50)/t24-,25-,27+,28?,29-,30+,31-,35?,37-/m0/s1. The second kappa shape index (κ2) is 15.8. The van der Waals surface area contributed by atoms with Crippen LogP contribution in [0.25, 0.3) is 0 Å². The number of nitrogens with one attached hydrogen (secondary N) is 2. The molecule has 9 atom stereocenters. The number of carboxylic acid groups (broad SMARTS) is 1. The summed E-state index contributed by atoms with van der Waals surface area (Å²) in [7, 11) is 1.23. The second-order valence-electron chi connectivity index (χ2n) is 14.2. The number of benzene rings is 3. The predicted molar refractivity (Wildman–Crippen MR) is 189 cm³/mol. The van der Waals surface area contributed by atoms with Gasteiger partial charge < -0.3 is 45.3 Å². The first kappa shape index (κ1) is 40.8. The van der Waals surface area contributed by atoms with Gasteiger partial charge in [-0.25, -0.2) is 18.4 Å². The van der Waals surface area contributed by atoms with Gasteiger partial charge in [0.1, 0.15) is 41.1 Å². The Hall–Kier alpha value is -4.40. The molecule has 288 valence electrons. The van der Waals surface area contributed by atoms with Crippen molar-refractivity contribution >= 4 is 46.7 Å². The molecule has 2 unspecified atom stereocenters. The summed E-state index contributed by atoms with van der Waals surface area (Å²) in [5.41, 5.74) is -2.82. The number of nitrogens with zero attached hydrogens (tertiary/aromatic N) is 1. The van der Waals surface area contributed by atoms with Gasteiger partial charge in [-0.3, -0.25) is 4.79 Å². The van der Waals surface area contributed by atoms with Crippen LogP contribution in [0.4, 0.5) is 14.5 Å². The van der Waals surface area contributed by atoms with Gasteiger partial charge in [0.05, 0.1) is 35.5 Å². The van der Waals surface area contributed by atoms with Crippen LogP contribution >= 0.6 is 23.2 Å². The summed E-state index contributed by atoms with van der Waals surface area (Å²) in [5, 5.41) is 56.3. The number of anilines is 1. The topological polar surface area (TPSA) is 208 Å². The molecule has 2 aliphatic rings. The number of aliphatic hydroxyl groups is 3. The van der Waals surface area contributed by atoms with E-state index in [9.17, 15) is 40.1 Å². The Bertz CT molecular complexity index is 1990. The molecule has 13 nitrogen and oxygen atoms in total. The SMILES string of the molecule is COc1cc(C(=O)OC2O[C@H](C(=O)O)[C@@H](O)C(O)[C@H]2O)ccc1NC(=O)[C@@H]1N[C@@H](CC(C)(C)C)[C@](C#N)(c2ccc(Cl)cc2F)[C@H]1c1cccc(Cl)c1F. The van der Waals surface area contributed by atoms with Crippen LogP contribution in [0.1, 0.15) is 54.6 Å². The lowest BCUT2D eigenvalue weighted by atomic mass is 9.62. The first-order valence-electron chi connectivity index (χ1n) is 16.5. The first-order valence-corrected chi connectivity index (χ1v) is 17.3. The van der Waals surface area contributed by atoms with E-state index in [1.165, 1.54) is 49.6 Å². The van der Waals surface area contributed by atoms with Crippen molar-refractivity contribution in [2.75, 3.05) is 12.4 Å². The van der Waals surface area contributed by atoms with Gasteiger partial charge in [-0.1, -0.05) is 62.2 Å². The first-order chi connectivity index (χ1) is 25.3.